The molecule has 154 valence electrons. The average molecular weight is 430 g/mol. The normalized spacial score (nSPS) is 11.4. The lowest BCUT2D eigenvalue weighted by molar-refractivity contribution is 0.102. The number of nitrogens with one attached hydrogen (secondary N) is 2. The van der Waals surface area contributed by atoms with Gasteiger partial charge in [0.05, 0.1) is 21.7 Å². The minimum Gasteiger partial charge on any atom is -0.349 e. The quantitative estimate of drug-likeness (QED) is 0.384. The number of aryl methyl sites for hydroxylation is 3. The van der Waals surface area contributed by atoms with Crippen LogP contribution < -0.4 is 5.32 Å². The van der Waals surface area contributed by atoms with Crippen LogP contribution in [0.3, 0.4) is 0 Å². The molecular formula is C24H20ClN5O. The number of anilines is 1. The first-order valence-corrected chi connectivity index (χ1v) is 10.3. The van der Waals surface area contributed by atoms with Gasteiger partial charge in [-0.1, -0.05) is 41.9 Å². The third-order valence-corrected chi connectivity index (χ3v) is 5.69. The van der Waals surface area contributed by atoms with Gasteiger partial charge in [-0.3, -0.25) is 4.79 Å². The maximum absolute atomic E-state index is 13.0. The molecule has 0 aliphatic heterocycles. The second-order valence-corrected chi connectivity index (χ2v) is 8.10. The Labute approximate surface area is 183 Å². The van der Waals surface area contributed by atoms with Crippen molar-refractivity contribution in [2.24, 2.45) is 0 Å². The molecule has 0 radical (unpaired) electrons. The van der Waals surface area contributed by atoms with Crippen molar-refractivity contribution in [2.45, 2.75) is 20.8 Å². The summed E-state index contributed by atoms with van der Waals surface area (Å²) in [5.74, 6) is 0.927. The van der Waals surface area contributed by atoms with Gasteiger partial charge in [-0.15, -0.1) is 0 Å². The molecule has 3 aromatic heterocycles. The number of aromatic amines is 1. The van der Waals surface area contributed by atoms with Crippen molar-refractivity contribution in [3.05, 3.63) is 82.1 Å². The SMILES string of the molecule is Cc1cc(NC(=O)c2cc3cccc(Cl)c3[nH]2)n(-c2cc(C)c3cccc(C)c3n2)n1. The van der Waals surface area contributed by atoms with Crippen LogP contribution in [0.15, 0.2) is 54.6 Å². The van der Waals surface area contributed by atoms with Gasteiger partial charge in [0.2, 0.25) is 0 Å². The van der Waals surface area contributed by atoms with Crippen molar-refractivity contribution in [1.82, 2.24) is 19.7 Å². The summed E-state index contributed by atoms with van der Waals surface area (Å²) in [4.78, 5) is 20.9. The van der Waals surface area contributed by atoms with E-state index >= 15 is 0 Å². The van der Waals surface area contributed by atoms with Crippen LogP contribution >= 0.6 is 11.6 Å². The Kier molecular flexibility index (Phi) is 4.52. The Bertz CT molecular complexity index is 1480. The maximum Gasteiger partial charge on any atom is 0.273 e. The molecule has 1 amide bonds. The van der Waals surface area contributed by atoms with Gasteiger partial charge in [-0.05, 0) is 50.1 Å². The van der Waals surface area contributed by atoms with E-state index in [0.29, 0.717) is 22.4 Å². The van der Waals surface area contributed by atoms with Crippen molar-refractivity contribution in [3.63, 3.8) is 0 Å². The molecule has 31 heavy (non-hydrogen) atoms. The molecule has 7 heteroatoms. The van der Waals surface area contributed by atoms with E-state index < -0.39 is 0 Å². The Hall–Kier alpha value is -3.64. The number of halogens is 1. The number of H-pyrrole nitrogens is 1. The molecule has 0 aliphatic rings. The third kappa shape index (κ3) is 3.35. The molecule has 2 N–H and O–H groups in total. The number of fused-ring (bicyclic) bond motifs is 2. The molecule has 0 saturated heterocycles. The molecule has 0 saturated carbocycles. The van der Waals surface area contributed by atoms with E-state index in [1.807, 2.05) is 50.2 Å². The summed E-state index contributed by atoms with van der Waals surface area (Å²) < 4.78 is 1.67. The van der Waals surface area contributed by atoms with Crippen LogP contribution in [0.2, 0.25) is 5.02 Å². The number of nitrogens with zero attached hydrogens (tertiary/aromatic N) is 3. The predicted octanol–water partition coefficient (Wildman–Crippen LogP) is 5.73. The molecule has 3 heterocycles. The molecule has 2 aromatic carbocycles. The first-order chi connectivity index (χ1) is 14.9. The highest BCUT2D eigenvalue weighted by Gasteiger charge is 2.17. The zero-order valence-electron chi connectivity index (χ0n) is 17.3. The lowest BCUT2D eigenvalue weighted by atomic mass is 10.1. The predicted molar refractivity (Wildman–Crippen MR) is 124 cm³/mol. The Balaban J connectivity index is 1.55. The van der Waals surface area contributed by atoms with Crippen molar-refractivity contribution in [2.75, 3.05) is 5.32 Å². The van der Waals surface area contributed by atoms with Crippen LogP contribution in [0, 0.1) is 20.8 Å². The molecule has 0 unspecified atom stereocenters. The second kappa shape index (κ2) is 7.25. The first-order valence-electron chi connectivity index (χ1n) is 9.93. The number of carbonyl (C=O) groups is 1. The van der Waals surface area contributed by atoms with E-state index in [2.05, 4.69) is 28.4 Å². The van der Waals surface area contributed by atoms with E-state index in [0.717, 1.165) is 38.6 Å². The molecule has 0 bridgehead atoms. The number of benzene rings is 2. The molecule has 0 aliphatic carbocycles. The van der Waals surface area contributed by atoms with E-state index in [1.54, 1.807) is 16.8 Å². The Morgan fingerprint density at radius 3 is 2.65 bits per heavy atom. The fourth-order valence-electron chi connectivity index (χ4n) is 3.84. The van der Waals surface area contributed by atoms with Gasteiger partial charge in [0.25, 0.3) is 5.91 Å². The fourth-order valence-corrected chi connectivity index (χ4v) is 4.07. The van der Waals surface area contributed by atoms with Gasteiger partial charge in [0.15, 0.2) is 5.82 Å². The first kappa shape index (κ1) is 19.3. The summed E-state index contributed by atoms with van der Waals surface area (Å²) in [5, 5.41) is 10.1. The fraction of sp³-hybridized carbons (Fsp3) is 0.125. The summed E-state index contributed by atoms with van der Waals surface area (Å²) in [6.07, 6.45) is 0. The maximum atomic E-state index is 13.0. The van der Waals surface area contributed by atoms with E-state index in [1.165, 1.54) is 0 Å². The van der Waals surface area contributed by atoms with Crippen LogP contribution in [0.5, 0.6) is 0 Å². The smallest absolute Gasteiger partial charge is 0.273 e. The van der Waals surface area contributed by atoms with Gasteiger partial charge in [-0.2, -0.15) is 9.78 Å². The largest absolute Gasteiger partial charge is 0.349 e. The van der Waals surface area contributed by atoms with Crippen LogP contribution in [-0.4, -0.2) is 25.7 Å². The Morgan fingerprint density at radius 1 is 1.03 bits per heavy atom. The van der Waals surface area contributed by atoms with Crippen molar-refractivity contribution >= 4 is 45.1 Å². The zero-order valence-corrected chi connectivity index (χ0v) is 18.1. The summed E-state index contributed by atoms with van der Waals surface area (Å²) in [6.45, 7) is 5.97. The van der Waals surface area contributed by atoms with Gasteiger partial charge in [0.1, 0.15) is 11.5 Å². The molecule has 0 atom stereocenters. The topological polar surface area (TPSA) is 75.6 Å². The van der Waals surface area contributed by atoms with Crippen molar-refractivity contribution < 1.29 is 4.79 Å². The minimum absolute atomic E-state index is 0.276. The van der Waals surface area contributed by atoms with Crippen molar-refractivity contribution in [1.29, 1.82) is 0 Å². The number of carbonyl (C=O) groups excluding carboxylic acids is 1. The van der Waals surface area contributed by atoms with Crippen LogP contribution in [0.25, 0.3) is 27.6 Å². The van der Waals surface area contributed by atoms with Crippen LogP contribution in [0.1, 0.15) is 27.3 Å². The molecule has 5 rings (SSSR count). The summed E-state index contributed by atoms with van der Waals surface area (Å²) in [7, 11) is 0. The van der Waals surface area contributed by atoms with E-state index in [4.69, 9.17) is 16.6 Å². The van der Waals surface area contributed by atoms with E-state index in [-0.39, 0.29) is 5.91 Å². The van der Waals surface area contributed by atoms with Gasteiger partial charge >= 0.3 is 0 Å². The average Bonchev–Trinajstić information content (AvgIpc) is 3.33. The van der Waals surface area contributed by atoms with E-state index in [9.17, 15) is 4.79 Å². The van der Waals surface area contributed by atoms with Crippen LogP contribution in [0.4, 0.5) is 5.82 Å². The number of amides is 1. The Morgan fingerprint density at radius 2 is 1.84 bits per heavy atom. The summed E-state index contributed by atoms with van der Waals surface area (Å²) >= 11 is 6.23. The zero-order chi connectivity index (χ0) is 21.7. The highest BCUT2D eigenvalue weighted by atomic mass is 35.5. The monoisotopic (exact) mass is 429 g/mol. The number of aromatic nitrogens is 4. The molecular weight excluding hydrogens is 410 g/mol. The minimum atomic E-state index is -0.276. The molecule has 0 spiro atoms. The molecule has 6 nitrogen and oxygen atoms in total. The molecule has 5 aromatic rings. The standard InChI is InChI=1S/C24H20ClN5O/c1-13-6-4-8-17-14(2)10-20(27-22(13)17)30-21(11-15(3)29-30)28-24(31)19-12-16-7-5-9-18(25)23(16)26-19/h4-12,26H,1-3H3,(H,28,31). The summed E-state index contributed by atoms with van der Waals surface area (Å²) in [6, 6.07) is 17.3. The number of rotatable bonds is 3. The van der Waals surface area contributed by atoms with Crippen molar-refractivity contribution in [3.8, 4) is 5.82 Å². The molecule has 0 fully saturated rings. The number of pyridine rings is 1. The summed E-state index contributed by atoms with van der Waals surface area (Å²) in [5.41, 5.74) is 5.05. The lowest BCUT2D eigenvalue weighted by Crippen LogP contribution is -2.16. The highest BCUT2D eigenvalue weighted by Crippen LogP contribution is 2.26. The highest BCUT2D eigenvalue weighted by molar-refractivity contribution is 6.35. The van der Waals surface area contributed by atoms with Crippen LogP contribution in [-0.2, 0) is 0 Å². The number of hydrogen-bond donors (Lipinski definition) is 2. The van der Waals surface area contributed by atoms with Gasteiger partial charge in [0, 0.05) is 16.8 Å². The van der Waals surface area contributed by atoms with Gasteiger partial charge < -0.3 is 10.3 Å². The van der Waals surface area contributed by atoms with Gasteiger partial charge in [-0.25, -0.2) is 4.98 Å². The third-order valence-electron chi connectivity index (χ3n) is 5.37. The second-order valence-electron chi connectivity index (χ2n) is 7.69. The number of hydrogen-bond acceptors (Lipinski definition) is 3. The number of para-hydroxylation sites is 2. The lowest BCUT2D eigenvalue weighted by Gasteiger charge is -2.11.